The molecular formula is C30H28F3N5O2. The van der Waals surface area contributed by atoms with E-state index >= 15 is 8.78 Å². The number of anilines is 1. The number of piperazine rings is 1. The second kappa shape index (κ2) is 10.6. The number of aromatic nitrogens is 3. The Morgan fingerprint density at radius 1 is 1.02 bits per heavy atom. The molecule has 1 aliphatic rings. The molecule has 2 aromatic heterocycles. The van der Waals surface area contributed by atoms with Crippen molar-refractivity contribution >= 4 is 22.8 Å². The van der Waals surface area contributed by atoms with Gasteiger partial charge < -0.3 is 9.80 Å². The van der Waals surface area contributed by atoms with Gasteiger partial charge in [0.05, 0.1) is 11.1 Å². The van der Waals surface area contributed by atoms with Gasteiger partial charge in [0.2, 0.25) is 5.91 Å². The van der Waals surface area contributed by atoms with Crippen LogP contribution in [0, 0.1) is 17.5 Å². The standard InChI is InChI=1S/C30H28F3N5O2/c1-5-25(39)36-13-14-37(18(4)16-36)28-21-15-24(33)26(20-9-6-7-11-22(20)31)34-29(21)38(30(40)35-28)27-19(17(2)3)10-8-12-23(27)32/h5-12,15,17-18H,1,13-14,16H2,2-4H3/t18-/m0/s1. The van der Waals surface area contributed by atoms with Crippen LogP contribution in [-0.4, -0.2) is 51.0 Å². The molecule has 0 saturated carbocycles. The number of nitrogens with zero attached hydrogens (tertiary/aromatic N) is 5. The maximum atomic E-state index is 15.7. The Morgan fingerprint density at radius 2 is 1.75 bits per heavy atom. The van der Waals surface area contributed by atoms with Crippen LogP contribution in [0.3, 0.4) is 0 Å². The average Bonchev–Trinajstić information content (AvgIpc) is 2.93. The van der Waals surface area contributed by atoms with Crippen LogP contribution >= 0.6 is 0 Å². The number of fused-ring (bicyclic) bond motifs is 1. The van der Waals surface area contributed by atoms with Crippen molar-refractivity contribution in [2.24, 2.45) is 0 Å². The van der Waals surface area contributed by atoms with Gasteiger partial charge in [-0.25, -0.2) is 27.5 Å². The zero-order chi connectivity index (χ0) is 28.7. The average molecular weight is 548 g/mol. The van der Waals surface area contributed by atoms with Crippen molar-refractivity contribution in [2.75, 3.05) is 24.5 Å². The zero-order valence-electron chi connectivity index (χ0n) is 22.4. The molecular weight excluding hydrogens is 519 g/mol. The molecule has 0 unspecified atom stereocenters. The van der Waals surface area contributed by atoms with E-state index in [4.69, 9.17) is 0 Å². The molecule has 7 nitrogen and oxygen atoms in total. The van der Waals surface area contributed by atoms with E-state index in [1.165, 1.54) is 30.3 Å². The second-order valence-corrected chi connectivity index (χ2v) is 10.1. The van der Waals surface area contributed by atoms with Crippen molar-refractivity contribution in [3.05, 3.63) is 94.7 Å². The van der Waals surface area contributed by atoms with E-state index in [-0.39, 0.29) is 51.7 Å². The minimum absolute atomic E-state index is 0.0420. The summed E-state index contributed by atoms with van der Waals surface area (Å²) in [4.78, 5) is 38.1. The van der Waals surface area contributed by atoms with Crippen LogP contribution in [0.1, 0.15) is 32.3 Å². The van der Waals surface area contributed by atoms with Gasteiger partial charge in [-0.15, -0.1) is 0 Å². The van der Waals surface area contributed by atoms with Crippen LogP contribution in [0.4, 0.5) is 19.0 Å². The van der Waals surface area contributed by atoms with Gasteiger partial charge >= 0.3 is 5.69 Å². The number of carbonyl (C=O) groups is 1. The number of hydrogen-bond acceptors (Lipinski definition) is 5. The molecule has 1 aliphatic heterocycles. The predicted octanol–water partition coefficient (Wildman–Crippen LogP) is 5.21. The Hall–Kier alpha value is -4.47. The Labute approximate surface area is 229 Å². The minimum Gasteiger partial charge on any atom is -0.350 e. The number of halogens is 3. The maximum Gasteiger partial charge on any atom is 0.355 e. The summed E-state index contributed by atoms with van der Waals surface area (Å²) < 4.78 is 46.9. The van der Waals surface area contributed by atoms with Gasteiger partial charge in [0.25, 0.3) is 0 Å². The Bertz CT molecular complexity index is 1700. The molecule has 1 saturated heterocycles. The van der Waals surface area contributed by atoms with Crippen molar-refractivity contribution < 1.29 is 18.0 Å². The van der Waals surface area contributed by atoms with Crippen LogP contribution in [0.5, 0.6) is 0 Å². The van der Waals surface area contributed by atoms with Crippen LogP contribution in [0.15, 0.2) is 66.0 Å². The highest BCUT2D eigenvalue weighted by Gasteiger charge is 2.30. The van der Waals surface area contributed by atoms with Crippen LogP contribution in [0.25, 0.3) is 28.0 Å². The molecule has 0 radical (unpaired) electrons. The molecule has 0 aliphatic carbocycles. The van der Waals surface area contributed by atoms with E-state index in [9.17, 15) is 14.0 Å². The smallest absolute Gasteiger partial charge is 0.350 e. The maximum absolute atomic E-state index is 15.7. The fourth-order valence-electron chi connectivity index (χ4n) is 5.20. The highest BCUT2D eigenvalue weighted by molar-refractivity contribution is 5.91. The lowest BCUT2D eigenvalue weighted by molar-refractivity contribution is -0.126. The summed E-state index contributed by atoms with van der Waals surface area (Å²) in [5, 5.41) is 0.158. The topological polar surface area (TPSA) is 71.3 Å². The minimum atomic E-state index is -0.823. The quantitative estimate of drug-likeness (QED) is 0.321. The van der Waals surface area contributed by atoms with Gasteiger partial charge in [-0.3, -0.25) is 4.79 Å². The number of amides is 1. The summed E-state index contributed by atoms with van der Waals surface area (Å²) >= 11 is 0. The second-order valence-electron chi connectivity index (χ2n) is 10.1. The van der Waals surface area contributed by atoms with Gasteiger partial charge in [0, 0.05) is 31.2 Å². The fourth-order valence-corrected chi connectivity index (χ4v) is 5.20. The first-order chi connectivity index (χ1) is 19.1. The number of rotatable bonds is 5. The first-order valence-corrected chi connectivity index (χ1v) is 13.0. The van der Waals surface area contributed by atoms with Crippen molar-refractivity contribution in [3.8, 4) is 16.9 Å². The molecule has 4 aromatic rings. The number of pyridine rings is 1. The van der Waals surface area contributed by atoms with E-state index in [0.29, 0.717) is 25.2 Å². The van der Waals surface area contributed by atoms with Crippen molar-refractivity contribution in [1.82, 2.24) is 19.4 Å². The van der Waals surface area contributed by atoms with Crippen molar-refractivity contribution in [3.63, 3.8) is 0 Å². The molecule has 206 valence electrons. The van der Waals surface area contributed by atoms with E-state index in [1.54, 1.807) is 28.0 Å². The Morgan fingerprint density at radius 3 is 2.42 bits per heavy atom. The molecule has 0 spiro atoms. The molecule has 1 atom stereocenters. The lowest BCUT2D eigenvalue weighted by atomic mass is 10.0. The Balaban J connectivity index is 1.81. The van der Waals surface area contributed by atoms with E-state index in [2.05, 4.69) is 16.5 Å². The molecule has 40 heavy (non-hydrogen) atoms. The third kappa shape index (κ3) is 4.63. The van der Waals surface area contributed by atoms with Crippen LogP contribution in [-0.2, 0) is 4.79 Å². The highest BCUT2D eigenvalue weighted by atomic mass is 19.1. The molecule has 1 amide bonds. The van der Waals surface area contributed by atoms with Crippen LogP contribution in [0.2, 0.25) is 0 Å². The Kier molecular flexibility index (Phi) is 7.18. The monoisotopic (exact) mass is 547 g/mol. The van der Waals surface area contributed by atoms with E-state index in [0.717, 1.165) is 10.6 Å². The zero-order valence-corrected chi connectivity index (χ0v) is 22.4. The predicted molar refractivity (Wildman–Crippen MR) is 148 cm³/mol. The molecule has 2 aromatic carbocycles. The van der Waals surface area contributed by atoms with Crippen molar-refractivity contribution in [1.29, 1.82) is 0 Å². The van der Waals surface area contributed by atoms with Gasteiger partial charge in [-0.1, -0.05) is 44.7 Å². The van der Waals surface area contributed by atoms with Gasteiger partial charge in [-0.05, 0) is 48.7 Å². The first kappa shape index (κ1) is 27.1. The van der Waals surface area contributed by atoms with E-state index < -0.39 is 23.1 Å². The summed E-state index contributed by atoms with van der Waals surface area (Å²) in [6, 6.07) is 10.9. The third-order valence-electron chi connectivity index (χ3n) is 7.18. The summed E-state index contributed by atoms with van der Waals surface area (Å²) in [6.07, 6.45) is 1.24. The molecule has 5 rings (SSSR count). The lowest BCUT2D eigenvalue weighted by Gasteiger charge is -2.40. The lowest BCUT2D eigenvalue weighted by Crippen LogP contribution is -2.54. The summed E-state index contributed by atoms with van der Waals surface area (Å²) in [7, 11) is 0. The highest BCUT2D eigenvalue weighted by Crippen LogP contribution is 2.34. The first-order valence-electron chi connectivity index (χ1n) is 13.0. The summed E-state index contributed by atoms with van der Waals surface area (Å²) in [6.45, 7) is 10.1. The largest absolute Gasteiger partial charge is 0.355 e. The fraction of sp³-hybridized carbons (Fsp3) is 0.267. The number of hydrogen-bond donors (Lipinski definition) is 0. The van der Waals surface area contributed by atoms with Crippen LogP contribution < -0.4 is 10.6 Å². The van der Waals surface area contributed by atoms with Crippen molar-refractivity contribution in [2.45, 2.75) is 32.7 Å². The summed E-state index contributed by atoms with van der Waals surface area (Å²) in [5.41, 5.74) is -0.793. The summed E-state index contributed by atoms with van der Waals surface area (Å²) in [5.74, 6) is -2.42. The molecule has 0 bridgehead atoms. The molecule has 0 N–H and O–H groups in total. The molecule has 3 heterocycles. The van der Waals surface area contributed by atoms with Gasteiger partial charge in [0.1, 0.15) is 29.0 Å². The van der Waals surface area contributed by atoms with Gasteiger partial charge in [0.15, 0.2) is 5.65 Å². The van der Waals surface area contributed by atoms with Gasteiger partial charge in [-0.2, -0.15) is 4.98 Å². The SMILES string of the molecule is C=CC(=O)N1CCN(c2nc(=O)n(-c3c(F)cccc3C(C)C)c3nc(-c4ccccc4F)c(F)cc23)[C@@H](C)C1. The molecule has 10 heteroatoms. The molecule has 1 fully saturated rings. The van der Waals surface area contributed by atoms with E-state index in [1.807, 2.05) is 20.8 Å². The normalized spacial score (nSPS) is 15.6. The third-order valence-corrected chi connectivity index (χ3v) is 7.18. The number of para-hydroxylation sites is 1. The number of carbonyl (C=O) groups excluding carboxylic acids is 1. The number of benzene rings is 2.